The number of carbonyl (C=O) groups is 5. The maximum atomic E-state index is 13.5. The molecule has 220 valence electrons. The van der Waals surface area contributed by atoms with Crippen molar-refractivity contribution in [2.24, 2.45) is 23.3 Å². The lowest BCUT2D eigenvalue weighted by atomic mass is 9.96. The van der Waals surface area contributed by atoms with Crippen LogP contribution in [0.1, 0.15) is 58.9 Å². The summed E-state index contributed by atoms with van der Waals surface area (Å²) in [6, 6.07) is 3.08. The molecule has 5 atom stereocenters. The fraction of sp³-hybridized carbons (Fsp3) is 0.536. The number of aromatic nitrogens is 1. The van der Waals surface area contributed by atoms with E-state index in [-0.39, 0.29) is 31.1 Å². The average molecular weight is 559 g/mol. The third-order valence-corrected chi connectivity index (χ3v) is 6.88. The summed E-state index contributed by atoms with van der Waals surface area (Å²) in [5.41, 5.74) is 12.7. The van der Waals surface area contributed by atoms with Crippen molar-refractivity contribution in [1.29, 1.82) is 0 Å². The van der Waals surface area contributed by atoms with E-state index in [1.807, 2.05) is 45.0 Å². The van der Waals surface area contributed by atoms with E-state index >= 15 is 0 Å². The first-order valence-corrected chi connectivity index (χ1v) is 13.6. The molecule has 0 bridgehead atoms. The molecule has 4 amide bonds. The largest absolute Gasteiger partial charge is 0.480 e. The number of rotatable bonds is 16. The molecule has 12 heteroatoms. The van der Waals surface area contributed by atoms with E-state index in [2.05, 4.69) is 20.9 Å². The lowest BCUT2D eigenvalue weighted by molar-refractivity contribution is -0.142. The number of aliphatic carboxylic acids is 1. The predicted molar refractivity (Wildman–Crippen MR) is 151 cm³/mol. The Morgan fingerprint density at radius 1 is 0.950 bits per heavy atom. The van der Waals surface area contributed by atoms with Crippen molar-refractivity contribution in [3.63, 3.8) is 0 Å². The number of primary amides is 1. The number of H-pyrrole nitrogens is 1. The van der Waals surface area contributed by atoms with Crippen LogP contribution in [0.15, 0.2) is 30.5 Å². The molecule has 40 heavy (non-hydrogen) atoms. The lowest BCUT2D eigenvalue weighted by Crippen LogP contribution is -2.59. The predicted octanol–water partition coefficient (Wildman–Crippen LogP) is 0.934. The SMILES string of the molecule is CCC(C)C(NC(=O)C(N)CC(C)C)C(=O)NC(Cc1c[nH]c2ccccc12)C(=O)NC(CCC(N)=O)C(=O)O. The zero-order valence-electron chi connectivity index (χ0n) is 23.5. The van der Waals surface area contributed by atoms with Gasteiger partial charge in [-0.2, -0.15) is 0 Å². The molecular weight excluding hydrogens is 516 g/mol. The molecular formula is C28H42N6O6. The minimum absolute atomic E-state index is 0.0395. The Morgan fingerprint density at radius 3 is 2.20 bits per heavy atom. The number of amides is 4. The fourth-order valence-electron chi connectivity index (χ4n) is 4.38. The summed E-state index contributed by atoms with van der Waals surface area (Å²) in [5, 5.41) is 18.3. The molecule has 0 aliphatic heterocycles. The number of benzene rings is 1. The van der Waals surface area contributed by atoms with Gasteiger partial charge in [-0.05, 0) is 36.3 Å². The Labute approximate surface area is 234 Å². The molecule has 0 aliphatic rings. The maximum Gasteiger partial charge on any atom is 0.326 e. The highest BCUT2D eigenvalue weighted by atomic mass is 16.4. The molecule has 0 saturated heterocycles. The minimum Gasteiger partial charge on any atom is -0.480 e. The number of nitrogens with one attached hydrogen (secondary N) is 4. The van der Waals surface area contributed by atoms with Crippen LogP contribution in [0.3, 0.4) is 0 Å². The molecule has 12 nitrogen and oxygen atoms in total. The summed E-state index contributed by atoms with van der Waals surface area (Å²) >= 11 is 0. The van der Waals surface area contributed by atoms with Gasteiger partial charge >= 0.3 is 5.97 Å². The van der Waals surface area contributed by atoms with Crippen molar-refractivity contribution in [2.45, 2.75) is 84.0 Å². The van der Waals surface area contributed by atoms with Crippen LogP contribution in [-0.4, -0.2) is 63.9 Å². The zero-order valence-corrected chi connectivity index (χ0v) is 23.5. The Bertz CT molecular complexity index is 1190. The number of carbonyl (C=O) groups excluding carboxylic acids is 4. The van der Waals surface area contributed by atoms with Gasteiger partial charge in [0.15, 0.2) is 0 Å². The van der Waals surface area contributed by atoms with Crippen LogP contribution in [0.25, 0.3) is 10.9 Å². The standard InChI is InChI=1S/C28H42N6O6/c1-5-16(4)24(34-25(36)19(29)12-15(2)3)27(38)33-22(13-17-14-31-20-9-7-6-8-18(17)20)26(37)32-21(28(39)40)10-11-23(30)35/h6-9,14-16,19,21-22,24,31H,5,10-13,29H2,1-4H3,(H2,30,35)(H,32,37)(H,33,38)(H,34,36)(H,39,40). The number of para-hydroxylation sites is 1. The molecule has 9 N–H and O–H groups in total. The molecule has 0 fully saturated rings. The quantitative estimate of drug-likeness (QED) is 0.158. The van der Waals surface area contributed by atoms with Gasteiger partial charge in [0, 0.05) is 29.9 Å². The van der Waals surface area contributed by atoms with Crippen LogP contribution in [-0.2, 0) is 30.4 Å². The number of aromatic amines is 1. The molecule has 0 spiro atoms. The Kier molecular flexibility index (Phi) is 12.1. The second-order valence-electron chi connectivity index (χ2n) is 10.6. The second-order valence-corrected chi connectivity index (χ2v) is 10.6. The molecule has 2 rings (SSSR count). The Balaban J connectivity index is 2.33. The van der Waals surface area contributed by atoms with Gasteiger partial charge in [0.25, 0.3) is 0 Å². The van der Waals surface area contributed by atoms with Gasteiger partial charge in [0.1, 0.15) is 18.1 Å². The van der Waals surface area contributed by atoms with Crippen molar-refractivity contribution >= 4 is 40.5 Å². The summed E-state index contributed by atoms with van der Waals surface area (Å²) in [6.45, 7) is 7.55. The van der Waals surface area contributed by atoms with Crippen LogP contribution in [0, 0.1) is 11.8 Å². The van der Waals surface area contributed by atoms with Crippen molar-refractivity contribution in [3.8, 4) is 0 Å². The lowest BCUT2D eigenvalue weighted by Gasteiger charge is -2.28. The van der Waals surface area contributed by atoms with Crippen molar-refractivity contribution in [3.05, 3.63) is 36.0 Å². The van der Waals surface area contributed by atoms with Gasteiger partial charge in [0.2, 0.25) is 23.6 Å². The monoisotopic (exact) mass is 558 g/mol. The third kappa shape index (κ3) is 9.37. The number of carboxylic acid groups (broad SMARTS) is 1. The molecule has 0 aliphatic carbocycles. The van der Waals surface area contributed by atoms with E-state index in [9.17, 15) is 29.1 Å². The first-order chi connectivity index (χ1) is 18.8. The second kappa shape index (κ2) is 15.0. The highest BCUT2D eigenvalue weighted by Crippen LogP contribution is 2.20. The summed E-state index contributed by atoms with van der Waals surface area (Å²) < 4.78 is 0. The molecule has 2 aromatic rings. The van der Waals surface area contributed by atoms with E-state index in [4.69, 9.17) is 11.5 Å². The van der Waals surface area contributed by atoms with Gasteiger partial charge in [0.05, 0.1) is 6.04 Å². The van der Waals surface area contributed by atoms with Crippen LogP contribution < -0.4 is 27.4 Å². The summed E-state index contributed by atoms with van der Waals surface area (Å²) in [7, 11) is 0. The van der Waals surface area contributed by atoms with Gasteiger partial charge in [-0.3, -0.25) is 19.2 Å². The number of hydrogen-bond acceptors (Lipinski definition) is 6. The van der Waals surface area contributed by atoms with Crippen LogP contribution in [0.5, 0.6) is 0 Å². The number of hydrogen-bond donors (Lipinski definition) is 7. The highest BCUT2D eigenvalue weighted by molar-refractivity contribution is 5.95. The van der Waals surface area contributed by atoms with Gasteiger partial charge in [-0.25, -0.2) is 4.79 Å². The molecule has 0 saturated carbocycles. The highest BCUT2D eigenvalue weighted by Gasteiger charge is 2.33. The molecule has 1 aromatic carbocycles. The summed E-state index contributed by atoms with van der Waals surface area (Å²) in [6.07, 6.45) is 2.31. The topological polar surface area (TPSA) is 209 Å². The Hall–Kier alpha value is -3.93. The number of fused-ring (bicyclic) bond motifs is 1. The van der Waals surface area contributed by atoms with E-state index in [0.717, 1.165) is 16.5 Å². The maximum absolute atomic E-state index is 13.5. The van der Waals surface area contributed by atoms with Crippen molar-refractivity contribution in [2.75, 3.05) is 0 Å². The third-order valence-electron chi connectivity index (χ3n) is 6.88. The fourth-order valence-corrected chi connectivity index (χ4v) is 4.38. The minimum atomic E-state index is -1.39. The first kappa shape index (κ1) is 32.3. The van der Waals surface area contributed by atoms with Crippen LogP contribution in [0.2, 0.25) is 0 Å². The molecule has 1 heterocycles. The van der Waals surface area contributed by atoms with Crippen LogP contribution >= 0.6 is 0 Å². The van der Waals surface area contributed by atoms with E-state index in [1.54, 1.807) is 13.1 Å². The average Bonchev–Trinajstić information content (AvgIpc) is 3.30. The number of carboxylic acids is 1. The summed E-state index contributed by atoms with van der Waals surface area (Å²) in [5.74, 6) is -3.96. The normalized spacial score (nSPS) is 15.1. The first-order valence-electron chi connectivity index (χ1n) is 13.6. The zero-order chi connectivity index (χ0) is 30.0. The van der Waals surface area contributed by atoms with E-state index < -0.39 is 53.8 Å². The molecule has 1 aromatic heterocycles. The van der Waals surface area contributed by atoms with Crippen LogP contribution in [0.4, 0.5) is 0 Å². The van der Waals surface area contributed by atoms with Gasteiger partial charge in [-0.1, -0.05) is 52.3 Å². The van der Waals surface area contributed by atoms with Crippen molar-refractivity contribution in [1.82, 2.24) is 20.9 Å². The van der Waals surface area contributed by atoms with E-state index in [0.29, 0.717) is 12.8 Å². The smallest absolute Gasteiger partial charge is 0.326 e. The van der Waals surface area contributed by atoms with Gasteiger partial charge < -0.3 is 37.5 Å². The van der Waals surface area contributed by atoms with Crippen molar-refractivity contribution < 1.29 is 29.1 Å². The number of nitrogens with two attached hydrogens (primary N) is 2. The molecule has 5 unspecified atom stereocenters. The van der Waals surface area contributed by atoms with Gasteiger partial charge in [-0.15, -0.1) is 0 Å². The summed E-state index contributed by atoms with van der Waals surface area (Å²) in [4.78, 5) is 65.8. The van der Waals surface area contributed by atoms with E-state index in [1.165, 1.54) is 0 Å². The Morgan fingerprint density at radius 2 is 1.60 bits per heavy atom. The molecule has 0 radical (unpaired) electrons.